The maximum Gasteiger partial charge on any atom is 0.274 e. The van der Waals surface area contributed by atoms with Gasteiger partial charge in [0.05, 0.1) is 16.5 Å². The molecule has 1 saturated heterocycles. The Bertz CT molecular complexity index is 360. The van der Waals surface area contributed by atoms with Crippen LogP contribution < -0.4 is 5.32 Å². The zero-order valence-electron chi connectivity index (χ0n) is 6.73. The molecule has 0 radical (unpaired) electrons. The average molecular weight is 180 g/mol. The fourth-order valence-corrected chi connectivity index (χ4v) is 1.27. The molecule has 5 nitrogen and oxygen atoms in total. The first-order valence-electron chi connectivity index (χ1n) is 3.89. The van der Waals surface area contributed by atoms with E-state index in [0.717, 1.165) is 6.54 Å². The lowest BCUT2D eigenvalue weighted by Crippen LogP contribution is -1.95. The van der Waals surface area contributed by atoms with Crippen LogP contribution in [0.25, 0.3) is 0 Å². The van der Waals surface area contributed by atoms with E-state index in [4.69, 9.17) is 5.11 Å². The van der Waals surface area contributed by atoms with Crippen LogP contribution >= 0.6 is 0 Å². The Morgan fingerprint density at radius 3 is 2.85 bits per heavy atom. The Hall–Kier alpha value is -1.62. The quantitative estimate of drug-likeness (QED) is 0.403. The lowest BCUT2D eigenvalue weighted by atomic mass is 10.1. The summed E-state index contributed by atoms with van der Waals surface area (Å²) in [6.07, 6.45) is 0. The van der Waals surface area contributed by atoms with Gasteiger partial charge in [-0.2, -0.15) is 0 Å². The number of nitrogens with zero attached hydrogens (tertiary/aromatic N) is 1. The van der Waals surface area contributed by atoms with Crippen LogP contribution in [0.5, 0.6) is 5.75 Å². The van der Waals surface area contributed by atoms with Crippen molar-refractivity contribution in [3.63, 3.8) is 0 Å². The first-order valence-corrected chi connectivity index (χ1v) is 3.89. The molecule has 13 heavy (non-hydrogen) atoms. The molecule has 1 aliphatic heterocycles. The number of hydrogen-bond acceptors (Lipinski definition) is 4. The van der Waals surface area contributed by atoms with Crippen LogP contribution in [0.15, 0.2) is 18.2 Å². The van der Waals surface area contributed by atoms with Crippen LogP contribution in [0.2, 0.25) is 0 Å². The molecule has 0 bridgehead atoms. The number of nitro groups is 1. The second kappa shape index (κ2) is 2.70. The third-order valence-electron chi connectivity index (χ3n) is 1.99. The van der Waals surface area contributed by atoms with Gasteiger partial charge in [0.1, 0.15) is 5.75 Å². The zero-order valence-corrected chi connectivity index (χ0v) is 6.73. The van der Waals surface area contributed by atoms with Crippen molar-refractivity contribution in [2.75, 3.05) is 6.54 Å². The Kier molecular flexibility index (Phi) is 1.66. The highest BCUT2D eigenvalue weighted by Gasteiger charge is 2.29. The predicted molar refractivity (Wildman–Crippen MR) is 45.5 cm³/mol. The number of benzene rings is 1. The van der Waals surface area contributed by atoms with Crippen LogP contribution in [-0.2, 0) is 0 Å². The van der Waals surface area contributed by atoms with Gasteiger partial charge in [-0.25, -0.2) is 0 Å². The van der Waals surface area contributed by atoms with Gasteiger partial charge < -0.3 is 10.4 Å². The molecule has 0 spiro atoms. The van der Waals surface area contributed by atoms with Gasteiger partial charge in [-0.3, -0.25) is 10.1 Å². The van der Waals surface area contributed by atoms with Gasteiger partial charge >= 0.3 is 0 Å². The summed E-state index contributed by atoms with van der Waals surface area (Å²) in [4.78, 5) is 10.1. The Labute approximate surface area is 74.2 Å². The van der Waals surface area contributed by atoms with Crippen molar-refractivity contribution in [2.24, 2.45) is 0 Å². The Morgan fingerprint density at radius 1 is 1.62 bits per heavy atom. The van der Waals surface area contributed by atoms with Gasteiger partial charge in [0.2, 0.25) is 0 Å². The Morgan fingerprint density at radius 2 is 2.31 bits per heavy atom. The molecule has 0 saturated carbocycles. The van der Waals surface area contributed by atoms with Gasteiger partial charge in [0.15, 0.2) is 0 Å². The molecule has 2 N–H and O–H groups in total. The third-order valence-corrected chi connectivity index (χ3v) is 1.99. The molecule has 1 fully saturated rings. The minimum atomic E-state index is -0.436. The van der Waals surface area contributed by atoms with Crippen molar-refractivity contribution in [3.8, 4) is 5.75 Å². The van der Waals surface area contributed by atoms with E-state index in [1.54, 1.807) is 0 Å². The topological polar surface area (TPSA) is 85.3 Å². The second-order valence-electron chi connectivity index (χ2n) is 2.96. The molecule has 1 aliphatic rings. The van der Waals surface area contributed by atoms with Gasteiger partial charge in [0.25, 0.3) is 5.69 Å². The molecule has 1 atom stereocenters. The summed E-state index contributed by atoms with van der Waals surface area (Å²) in [5.41, 5.74) is 0.623. The van der Waals surface area contributed by atoms with Crippen molar-refractivity contribution in [2.45, 2.75) is 6.04 Å². The number of hydrogen-bond donors (Lipinski definition) is 2. The second-order valence-corrected chi connectivity index (χ2v) is 2.96. The fourth-order valence-electron chi connectivity index (χ4n) is 1.27. The van der Waals surface area contributed by atoms with Crippen LogP contribution in [0.4, 0.5) is 5.69 Å². The first-order chi connectivity index (χ1) is 6.18. The molecule has 0 amide bonds. The van der Waals surface area contributed by atoms with Crippen LogP contribution in [0, 0.1) is 10.1 Å². The molecule has 68 valence electrons. The minimum Gasteiger partial charge on any atom is -0.508 e. The number of aromatic hydroxyl groups is 1. The monoisotopic (exact) mass is 180 g/mol. The van der Waals surface area contributed by atoms with E-state index in [-0.39, 0.29) is 17.5 Å². The van der Waals surface area contributed by atoms with E-state index >= 15 is 0 Å². The van der Waals surface area contributed by atoms with E-state index in [9.17, 15) is 10.1 Å². The van der Waals surface area contributed by atoms with Crippen molar-refractivity contribution >= 4 is 5.69 Å². The lowest BCUT2D eigenvalue weighted by molar-refractivity contribution is -0.385. The fraction of sp³-hybridized carbons (Fsp3) is 0.250. The van der Waals surface area contributed by atoms with Gasteiger partial charge in [-0.15, -0.1) is 0 Å². The van der Waals surface area contributed by atoms with Gasteiger partial charge in [-0.05, 0) is 12.1 Å². The maximum absolute atomic E-state index is 10.6. The highest BCUT2D eigenvalue weighted by atomic mass is 16.6. The summed E-state index contributed by atoms with van der Waals surface area (Å²) in [7, 11) is 0. The molecule has 0 aromatic heterocycles. The van der Waals surface area contributed by atoms with Crippen LogP contribution in [0.3, 0.4) is 0 Å². The molecule has 2 rings (SSSR count). The third kappa shape index (κ3) is 1.46. The molecule has 0 aliphatic carbocycles. The summed E-state index contributed by atoms with van der Waals surface area (Å²) in [5, 5.41) is 22.7. The lowest BCUT2D eigenvalue weighted by Gasteiger charge is -1.99. The molecule has 1 heterocycles. The van der Waals surface area contributed by atoms with Crippen molar-refractivity contribution in [1.29, 1.82) is 0 Å². The van der Waals surface area contributed by atoms with Crippen LogP contribution in [0.1, 0.15) is 11.6 Å². The van der Waals surface area contributed by atoms with Gasteiger partial charge in [0, 0.05) is 12.6 Å². The van der Waals surface area contributed by atoms with Crippen molar-refractivity contribution in [1.82, 2.24) is 5.32 Å². The number of nitrogens with one attached hydrogen (secondary N) is 1. The van der Waals surface area contributed by atoms with E-state index in [1.165, 1.54) is 18.2 Å². The largest absolute Gasteiger partial charge is 0.508 e. The summed E-state index contributed by atoms with van der Waals surface area (Å²) in [6, 6.07) is 4.12. The Balaban J connectivity index is 2.47. The molecular formula is C8H8N2O3. The molecule has 0 unspecified atom stereocenters. The highest BCUT2D eigenvalue weighted by molar-refractivity contribution is 5.48. The summed E-state index contributed by atoms with van der Waals surface area (Å²) < 4.78 is 0. The van der Waals surface area contributed by atoms with Gasteiger partial charge in [-0.1, -0.05) is 0 Å². The molecule has 5 heteroatoms. The van der Waals surface area contributed by atoms with E-state index < -0.39 is 4.92 Å². The SMILES string of the molecule is O=[N+]([O-])c1ccc(O)cc1[C@H]1CN1. The molecular weight excluding hydrogens is 172 g/mol. The maximum atomic E-state index is 10.6. The van der Waals surface area contributed by atoms with Crippen molar-refractivity contribution in [3.05, 3.63) is 33.9 Å². The summed E-state index contributed by atoms with van der Waals surface area (Å²) >= 11 is 0. The number of phenols is 1. The molecule has 1 aromatic carbocycles. The first kappa shape index (κ1) is 8.00. The average Bonchev–Trinajstić information content (AvgIpc) is 2.85. The predicted octanol–water partition coefficient (Wildman–Crippen LogP) is 0.945. The number of nitro benzene ring substituents is 1. The number of rotatable bonds is 2. The standard InChI is InChI=1S/C8H8N2O3/c11-5-1-2-8(10(12)13)6(3-5)7-4-9-7/h1-3,7,9,11H,4H2/t7-/m1/s1. The summed E-state index contributed by atoms with van der Waals surface area (Å²) in [5.74, 6) is 0.0642. The number of phenolic OH excluding ortho intramolecular Hbond substituents is 1. The van der Waals surface area contributed by atoms with E-state index in [1.807, 2.05) is 0 Å². The smallest absolute Gasteiger partial charge is 0.274 e. The van der Waals surface area contributed by atoms with E-state index in [0.29, 0.717) is 5.56 Å². The van der Waals surface area contributed by atoms with E-state index in [2.05, 4.69) is 5.32 Å². The minimum absolute atomic E-state index is 0.0347. The zero-order chi connectivity index (χ0) is 9.42. The highest BCUT2D eigenvalue weighted by Crippen LogP contribution is 2.32. The molecule has 1 aromatic rings. The summed E-state index contributed by atoms with van der Waals surface area (Å²) in [6.45, 7) is 0.740. The normalized spacial score (nSPS) is 19.8. The van der Waals surface area contributed by atoms with Crippen molar-refractivity contribution < 1.29 is 10.0 Å². The van der Waals surface area contributed by atoms with Crippen LogP contribution in [-0.4, -0.2) is 16.6 Å².